The minimum Gasteiger partial charge on any atom is -0.400 e. The second-order valence-electron chi connectivity index (χ2n) is 5.53. The van der Waals surface area contributed by atoms with Gasteiger partial charge in [0.2, 0.25) is 0 Å². The molecule has 0 saturated heterocycles. The van der Waals surface area contributed by atoms with Crippen LogP contribution < -0.4 is 22.2 Å². The summed E-state index contributed by atoms with van der Waals surface area (Å²) in [4.78, 5) is 9.09. The Hall–Kier alpha value is -2.59. The predicted molar refractivity (Wildman–Crippen MR) is 102 cm³/mol. The average Bonchev–Trinajstić information content (AvgIpc) is 2.53. The highest BCUT2D eigenvalue weighted by Gasteiger charge is 2.09. The van der Waals surface area contributed by atoms with Crippen molar-refractivity contribution in [1.82, 2.24) is 9.97 Å². The molecule has 24 heavy (non-hydrogen) atoms. The van der Waals surface area contributed by atoms with Crippen LogP contribution in [0.15, 0.2) is 48.6 Å². The first kappa shape index (κ1) is 17.8. The first-order valence-corrected chi connectivity index (χ1v) is 7.95. The van der Waals surface area contributed by atoms with Gasteiger partial charge < -0.3 is 11.5 Å². The maximum Gasteiger partial charge on any atom is 0.151 e. The molecule has 1 heterocycles. The number of rotatable bonds is 4. The molecule has 0 aliphatic carbocycles. The molecule has 0 spiro atoms. The van der Waals surface area contributed by atoms with Gasteiger partial charge in [-0.3, -0.25) is 0 Å². The van der Waals surface area contributed by atoms with Gasteiger partial charge in [-0.1, -0.05) is 47.5 Å². The zero-order valence-corrected chi connectivity index (χ0v) is 14.6. The van der Waals surface area contributed by atoms with Gasteiger partial charge >= 0.3 is 0 Å². The number of nitrogens with two attached hydrogens (primary N) is 2. The van der Waals surface area contributed by atoms with Crippen LogP contribution in [0, 0.1) is 0 Å². The lowest BCUT2D eigenvalue weighted by Crippen LogP contribution is -2.28. The molecule has 1 aromatic carbocycles. The second-order valence-corrected chi connectivity index (χ2v) is 5.93. The molecule has 0 bridgehead atoms. The summed E-state index contributed by atoms with van der Waals surface area (Å²) in [6.07, 6.45) is 6.51. The molecule has 0 unspecified atom stereocenters. The summed E-state index contributed by atoms with van der Waals surface area (Å²) in [5.74, 6) is 0.298. The van der Waals surface area contributed by atoms with E-state index < -0.39 is 0 Å². The minimum atomic E-state index is 0.298. The van der Waals surface area contributed by atoms with Crippen LogP contribution in [0.3, 0.4) is 0 Å². The van der Waals surface area contributed by atoms with Crippen LogP contribution in [0.25, 0.3) is 23.0 Å². The number of aromatic nitrogens is 2. The van der Waals surface area contributed by atoms with Crippen LogP contribution in [-0.2, 0) is 0 Å². The van der Waals surface area contributed by atoms with E-state index in [0.717, 1.165) is 17.6 Å². The monoisotopic (exact) mass is 340 g/mol. The van der Waals surface area contributed by atoms with Gasteiger partial charge in [-0.15, -0.1) is 6.58 Å². The number of nitrogens with zero attached hydrogens (tertiary/aromatic N) is 2. The molecular formula is C19H21ClN4. The van der Waals surface area contributed by atoms with Crippen LogP contribution in [0.4, 0.5) is 5.82 Å². The first-order chi connectivity index (χ1) is 11.4. The molecule has 2 aromatic rings. The third-order valence-corrected chi connectivity index (χ3v) is 3.77. The summed E-state index contributed by atoms with van der Waals surface area (Å²) in [5, 5.41) is 1.72. The lowest BCUT2D eigenvalue weighted by molar-refractivity contribution is 1.11. The highest BCUT2D eigenvalue weighted by molar-refractivity contribution is 6.33. The van der Waals surface area contributed by atoms with Gasteiger partial charge in [0.1, 0.15) is 5.35 Å². The molecule has 0 fully saturated rings. The number of benzene rings is 1. The van der Waals surface area contributed by atoms with Crippen molar-refractivity contribution in [3.05, 3.63) is 64.3 Å². The summed E-state index contributed by atoms with van der Waals surface area (Å²) in [6.45, 7) is 7.51. The van der Waals surface area contributed by atoms with Crippen LogP contribution >= 0.6 is 11.6 Å². The summed E-state index contributed by atoms with van der Waals surface area (Å²) in [5.41, 5.74) is 15.0. The Morgan fingerprint density at radius 2 is 1.96 bits per heavy atom. The lowest BCUT2D eigenvalue weighted by Gasteiger charge is -2.06. The average molecular weight is 341 g/mol. The van der Waals surface area contributed by atoms with Gasteiger partial charge in [-0.05, 0) is 32.4 Å². The number of nitrogen functional groups attached to an aromatic ring is 1. The molecule has 0 saturated carbocycles. The molecule has 2 rings (SSSR count). The normalized spacial score (nSPS) is 13.8. The largest absolute Gasteiger partial charge is 0.400 e. The van der Waals surface area contributed by atoms with Gasteiger partial charge in [0.05, 0.1) is 16.1 Å². The van der Waals surface area contributed by atoms with Crippen molar-refractivity contribution in [1.29, 1.82) is 0 Å². The van der Waals surface area contributed by atoms with Crippen molar-refractivity contribution < 1.29 is 0 Å². The van der Waals surface area contributed by atoms with E-state index in [1.54, 1.807) is 6.92 Å². The highest BCUT2D eigenvalue weighted by Crippen LogP contribution is 2.23. The van der Waals surface area contributed by atoms with Crippen molar-refractivity contribution in [2.45, 2.75) is 20.3 Å². The fourth-order valence-corrected chi connectivity index (χ4v) is 2.46. The molecule has 0 radical (unpaired) electrons. The first-order valence-electron chi connectivity index (χ1n) is 7.57. The van der Waals surface area contributed by atoms with Crippen LogP contribution in [0.1, 0.15) is 20.3 Å². The van der Waals surface area contributed by atoms with Crippen molar-refractivity contribution in [2.75, 3.05) is 5.73 Å². The molecule has 124 valence electrons. The Bertz CT molecular complexity index is 909. The Kier molecular flexibility index (Phi) is 5.77. The van der Waals surface area contributed by atoms with E-state index in [4.69, 9.17) is 23.1 Å². The fourth-order valence-electron chi connectivity index (χ4n) is 2.24. The molecule has 0 aliphatic heterocycles. The standard InChI is InChI=1S/C19H21ClN4/c1-4-7-12(2)10-11-16-18(14-8-5-6-9-15(14)20)24-17(13(3)21)19(22)23-16/h4-6,8-11H,1,7,21H2,2-3H3,(H2,22,23)/b12-10-,16-11-,17-13+. The van der Waals surface area contributed by atoms with Crippen LogP contribution in [0.2, 0.25) is 5.02 Å². The van der Waals surface area contributed by atoms with E-state index in [1.807, 2.05) is 49.4 Å². The number of hydrogen-bond donors (Lipinski definition) is 2. The lowest BCUT2D eigenvalue weighted by atomic mass is 10.1. The zero-order valence-electron chi connectivity index (χ0n) is 13.9. The molecule has 4 nitrogen and oxygen atoms in total. The summed E-state index contributed by atoms with van der Waals surface area (Å²) < 4.78 is 0. The number of halogens is 1. The van der Waals surface area contributed by atoms with E-state index in [-0.39, 0.29) is 0 Å². The third kappa shape index (κ3) is 4.03. The summed E-state index contributed by atoms with van der Waals surface area (Å²) in [6, 6.07) is 7.49. The number of hydrogen-bond acceptors (Lipinski definition) is 4. The van der Waals surface area contributed by atoms with E-state index in [2.05, 4.69) is 16.5 Å². The zero-order chi connectivity index (χ0) is 17.7. The van der Waals surface area contributed by atoms with Crippen molar-refractivity contribution in [3.63, 3.8) is 0 Å². The van der Waals surface area contributed by atoms with Crippen molar-refractivity contribution >= 4 is 29.2 Å². The van der Waals surface area contributed by atoms with Gasteiger partial charge in [-0.2, -0.15) is 0 Å². The summed E-state index contributed by atoms with van der Waals surface area (Å²) >= 11 is 6.34. The van der Waals surface area contributed by atoms with Crippen LogP contribution in [-0.4, -0.2) is 9.97 Å². The van der Waals surface area contributed by atoms with E-state index in [9.17, 15) is 0 Å². The van der Waals surface area contributed by atoms with E-state index in [0.29, 0.717) is 32.9 Å². The molecule has 1 aromatic heterocycles. The second kappa shape index (κ2) is 7.79. The van der Waals surface area contributed by atoms with Gasteiger partial charge in [0, 0.05) is 11.3 Å². The minimum absolute atomic E-state index is 0.298. The van der Waals surface area contributed by atoms with E-state index >= 15 is 0 Å². The molecule has 4 N–H and O–H groups in total. The molecule has 0 atom stereocenters. The molecular weight excluding hydrogens is 320 g/mol. The number of anilines is 1. The Morgan fingerprint density at radius 1 is 1.25 bits per heavy atom. The van der Waals surface area contributed by atoms with Crippen LogP contribution in [0.5, 0.6) is 0 Å². The topological polar surface area (TPSA) is 77.8 Å². The highest BCUT2D eigenvalue weighted by atomic mass is 35.5. The van der Waals surface area contributed by atoms with Gasteiger partial charge in [0.15, 0.2) is 5.82 Å². The summed E-state index contributed by atoms with van der Waals surface area (Å²) in [7, 11) is 0. The van der Waals surface area contributed by atoms with Gasteiger partial charge in [0.25, 0.3) is 0 Å². The Labute approximate surface area is 146 Å². The third-order valence-electron chi connectivity index (χ3n) is 3.44. The molecule has 0 amide bonds. The fraction of sp³-hybridized carbons (Fsp3) is 0.158. The Morgan fingerprint density at radius 3 is 2.58 bits per heavy atom. The number of allylic oxidation sites excluding steroid dienone is 3. The quantitative estimate of drug-likeness (QED) is 0.839. The Balaban J connectivity index is 2.80. The predicted octanol–water partition coefficient (Wildman–Crippen LogP) is 2.77. The maximum atomic E-state index is 6.34. The van der Waals surface area contributed by atoms with E-state index in [1.165, 1.54) is 0 Å². The molecule has 5 heteroatoms. The smallest absolute Gasteiger partial charge is 0.151 e. The van der Waals surface area contributed by atoms with Gasteiger partial charge in [-0.25, -0.2) is 9.97 Å². The maximum absolute atomic E-state index is 6.34. The molecule has 0 aliphatic rings. The van der Waals surface area contributed by atoms with Crippen molar-refractivity contribution in [2.24, 2.45) is 5.73 Å². The SMILES string of the molecule is C=CC/C(C)=C\C=c1/nc(N)/c(=C(/C)N)nc1-c1ccccc1Cl. The van der Waals surface area contributed by atoms with Crippen molar-refractivity contribution in [3.8, 4) is 11.3 Å².